The van der Waals surface area contributed by atoms with Crippen molar-refractivity contribution < 1.29 is 0 Å². The summed E-state index contributed by atoms with van der Waals surface area (Å²) in [5.41, 5.74) is 10.6. The predicted octanol–water partition coefficient (Wildman–Crippen LogP) is 0.767. The van der Waals surface area contributed by atoms with Gasteiger partial charge in [-0.25, -0.2) is 25.8 Å². The number of nitrogens with one attached hydrogen (secondary N) is 4. The van der Waals surface area contributed by atoms with Gasteiger partial charge in [-0.05, 0) is 17.7 Å². The van der Waals surface area contributed by atoms with Crippen LogP contribution in [-0.2, 0) is 0 Å². The Labute approximate surface area is 178 Å². The summed E-state index contributed by atoms with van der Waals surface area (Å²) in [7, 11) is 0. The highest BCUT2D eigenvalue weighted by Crippen LogP contribution is 2.19. The Morgan fingerprint density at radius 3 is 2.10 bits per heavy atom. The van der Waals surface area contributed by atoms with Gasteiger partial charge in [0.05, 0.1) is 31.2 Å². The molecule has 10 nitrogen and oxygen atoms in total. The van der Waals surface area contributed by atoms with Gasteiger partial charge in [0.1, 0.15) is 5.65 Å². The fourth-order valence-corrected chi connectivity index (χ4v) is 3.25. The number of fused-ring (bicyclic) bond motifs is 1. The molecule has 2 aromatic heterocycles. The molecule has 3 aromatic rings. The molecule has 0 saturated heterocycles. The van der Waals surface area contributed by atoms with E-state index in [2.05, 4.69) is 41.7 Å². The van der Waals surface area contributed by atoms with Gasteiger partial charge in [-0.15, -0.1) is 0 Å². The molecule has 4 heterocycles. The number of hydrogen-bond acceptors (Lipinski definition) is 9. The van der Waals surface area contributed by atoms with Crippen LogP contribution in [0.5, 0.6) is 0 Å². The third kappa shape index (κ3) is 4.53. The third-order valence-electron chi connectivity index (χ3n) is 4.80. The van der Waals surface area contributed by atoms with Gasteiger partial charge in [0, 0.05) is 36.6 Å². The minimum Gasteiger partial charge on any atom is -0.353 e. The van der Waals surface area contributed by atoms with E-state index in [1.54, 1.807) is 12.4 Å². The van der Waals surface area contributed by atoms with Crippen molar-refractivity contribution in [2.24, 2.45) is 20.2 Å². The van der Waals surface area contributed by atoms with Crippen LogP contribution < -0.4 is 21.5 Å². The van der Waals surface area contributed by atoms with E-state index in [1.165, 1.54) is 0 Å². The fourth-order valence-electron chi connectivity index (χ4n) is 3.25. The maximum absolute atomic E-state index is 4.72. The molecular formula is C21H22N10. The lowest BCUT2D eigenvalue weighted by Gasteiger charge is -2.00. The van der Waals surface area contributed by atoms with E-state index in [9.17, 15) is 0 Å². The summed E-state index contributed by atoms with van der Waals surface area (Å²) in [6, 6.07) is 12.1. The Balaban J connectivity index is 1.26. The number of imidazole rings is 1. The summed E-state index contributed by atoms with van der Waals surface area (Å²) in [5.74, 6) is 1.41. The quantitative estimate of drug-likeness (QED) is 0.364. The SMILES string of the molecule is C(=N/NC1=NCCN1)/c1ccc2nc(-c3ccc(/C=N/NC4=NCCN4)cc3)cn2c1. The Morgan fingerprint density at radius 2 is 1.45 bits per heavy atom. The van der Waals surface area contributed by atoms with Crippen molar-refractivity contribution in [1.29, 1.82) is 0 Å². The summed E-state index contributed by atoms with van der Waals surface area (Å²) in [6.07, 6.45) is 7.53. The Kier molecular flexibility index (Phi) is 5.25. The van der Waals surface area contributed by atoms with Crippen LogP contribution in [0.3, 0.4) is 0 Å². The van der Waals surface area contributed by atoms with Gasteiger partial charge in [0.25, 0.3) is 0 Å². The first kappa shape index (κ1) is 18.8. The second-order valence-corrected chi connectivity index (χ2v) is 7.03. The van der Waals surface area contributed by atoms with Gasteiger partial charge in [0.15, 0.2) is 0 Å². The first-order valence-corrected chi connectivity index (χ1v) is 10.1. The molecule has 10 heteroatoms. The Morgan fingerprint density at radius 1 is 0.806 bits per heavy atom. The number of hydrazone groups is 2. The molecule has 0 fully saturated rings. The van der Waals surface area contributed by atoms with Crippen molar-refractivity contribution in [2.45, 2.75) is 0 Å². The van der Waals surface area contributed by atoms with Crippen molar-refractivity contribution in [3.8, 4) is 11.3 Å². The normalized spacial score (nSPS) is 15.9. The van der Waals surface area contributed by atoms with E-state index in [0.29, 0.717) is 11.9 Å². The van der Waals surface area contributed by atoms with Crippen molar-refractivity contribution in [2.75, 3.05) is 26.2 Å². The zero-order chi connectivity index (χ0) is 20.9. The van der Waals surface area contributed by atoms with Gasteiger partial charge in [-0.2, -0.15) is 10.2 Å². The zero-order valence-corrected chi connectivity index (χ0v) is 16.8. The Bertz CT molecular complexity index is 1190. The third-order valence-corrected chi connectivity index (χ3v) is 4.80. The molecule has 1 aromatic carbocycles. The number of nitrogens with zero attached hydrogens (tertiary/aromatic N) is 6. The highest BCUT2D eigenvalue weighted by Gasteiger charge is 2.06. The average molecular weight is 414 g/mol. The summed E-state index contributed by atoms with van der Waals surface area (Å²) >= 11 is 0. The van der Waals surface area contributed by atoms with E-state index in [0.717, 1.165) is 54.2 Å². The monoisotopic (exact) mass is 414 g/mol. The first-order chi connectivity index (χ1) is 15.3. The highest BCUT2D eigenvalue weighted by atomic mass is 15.4. The molecule has 5 rings (SSSR count). The molecule has 0 spiro atoms. The van der Waals surface area contributed by atoms with Crippen LogP contribution in [0, 0.1) is 0 Å². The van der Waals surface area contributed by atoms with Crippen LogP contribution in [0.2, 0.25) is 0 Å². The largest absolute Gasteiger partial charge is 0.353 e. The standard InChI is InChI=1S/C21H22N10/c1-4-17(5-2-15(1)11-26-29-20-22-7-8-23-20)18-14-31-13-16(3-6-19(31)28-18)12-27-30-21-24-9-10-25-21/h1-6,11-14H,7-10H2,(H2,22,23,29)(H2,24,25,30)/b26-11+,27-12-. The zero-order valence-electron chi connectivity index (χ0n) is 16.8. The molecule has 31 heavy (non-hydrogen) atoms. The minimum absolute atomic E-state index is 0.704. The molecule has 0 atom stereocenters. The number of aliphatic imine (C=N–C) groups is 2. The molecule has 4 N–H and O–H groups in total. The fraction of sp³-hybridized carbons (Fsp3) is 0.190. The van der Waals surface area contributed by atoms with Crippen LogP contribution in [0.25, 0.3) is 16.9 Å². The molecule has 0 aliphatic carbocycles. The van der Waals surface area contributed by atoms with Crippen LogP contribution in [-0.4, -0.2) is 59.9 Å². The van der Waals surface area contributed by atoms with Gasteiger partial charge in [-0.3, -0.25) is 0 Å². The Hall–Kier alpha value is -4.21. The van der Waals surface area contributed by atoms with E-state index >= 15 is 0 Å². The number of hydrogen-bond donors (Lipinski definition) is 4. The summed E-state index contributed by atoms with van der Waals surface area (Å²) in [5, 5.41) is 14.6. The number of aromatic nitrogens is 2. The topological polar surface area (TPSA) is 115 Å². The smallest absolute Gasteiger partial charge is 0.212 e. The number of pyridine rings is 1. The summed E-state index contributed by atoms with van der Waals surface area (Å²) in [6.45, 7) is 3.26. The molecule has 156 valence electrons. The van der Waals surface area contributed by atoms with Crippen molar-refractivity contribution in [1.82, 2.24) is 30.9 Å². The molecule has 2 aliphatic heterocycles. The molecule has 2 aliphatic rings. The van der Waals surface area contributed by atoms with Crippen LogP contribution in [0.1, 0.15) is 11.1 Å². The van der Waals surface area contributed by atoms with Crippen molar-refractivity contribution in [3.63, 3.8) is 0 Å². The maximum atomic E-state index is 4.72. The highest BCUT2D eigenvalue weighted by molar-refractivity contribution is 5.86. The number of rotatable bonds is 5. The van der Waals surface area contributed by atoms with Crippen LogP contribution in [0.4, 0.5) is 0 Å². The lowest BCUT2D eigenvalue weighted by atomic mass is 10.1. The van der Waals surface area contributed by atoms with Crippen molar-refractivity contribution in [3.05, 3.63) is 59.9 Å². The summed E-state index contributed by atoms with van der Waals surface area (Å²) in [4.78, 5) is 13.2. The van der Waals surface area contributed by atoms with Gasteiger partial charge in [-0.1, -0.05) is 24.3 Å². The molecular weight excluding hydrogens is 392 g/mol. The predicted molar refractivity (Wildman–Crippen MR) is 123 cm³/mol. The lowest BCUT2D eigenvalue weighted by molar-refractivity contribution is 0.919. The van der Waals surface area contributed by atoms with Gasteiger partial charge >= 0.3 is 0 Å². The molecule has 0 radical (unpaired) electrons. The van der Waals surface area contributed by atoms with Crippen LogP contribution >= 0.6 is 0 Å². The van der Waals surface area contributed by atoms with E-state index in [1.807, 2.05) is 53.2 Å². The minimum atomic E-state index is 0.704. The second kappa shape index (κ2) is 8.66. The van der Waals surface area contributed by atoms with Gasteiger partial charge in [0.2, 0.25) is 11.9 Å². The lowest BCUT2D eigenvalue weighted by Crippen LogP contribution is -2.30. The first-order valence-electron chi connectivity index (χ1n) is 10.1. The maximum Gasteiger partial charge on any atom is 0.212 e. The second-order valence-electron chi connectivity index (χ2n) is 7.03. The van der Waals surface area contributed by atoms with Crippen molar-refractivity contribution >= 4 is 30.0 Å². The van der Waals surface area contributed by atoms with E-state index in [-0.39, 0.29) is 0 Å². The average Bonchev–Trinajstić information content (AvgIpc) is 3.56. The number of benzene rings is 1. The van der Waals surface area contributed by atoms with E-state index in [4.69, 9.17) is 4.98 Å². The number of guanidine groups is 2. The van der Waals surface area contributed by atoms with Gasteiger partial charge < -0.3 is 15.0 Å². The van der Waals surface area contributed by atoms with E-state index < -0.39 is 0 Å². The van der Waals surface area contributed by atoms with Crippen LogP contribution in [0.15, 0.2) is 69.0 Å². The summed E-state index contributed by atoms with van der Waals surface area (Å²) < 4.78 is 2.00. The molecule has 0 amide bonds. The molecule has 0 unspecified atom stereocenters. The molecule has 0 saturated carbocycles. The molecule has 0 bridgehead atoms.